The van der Waals surface area contributed by atoms with E-state index >= 15 is 0 Å². The highest BCUT2D eigenvalue weighted by Gasteiger charge is 2.26. The van der Waals surface area contributed by atoms with Crippen LogP contribution in [0, 0.1) is 5.92 Å². The molecular formula is C18H28N2. The molecule has 2 heterocycles. The van der Waals surface area contributed by atoms with Gasteiger partial charge in [-0.25, -0.2) is 0 Å². The molecule has 1 aromatic carbocycles. The van der Waals surface area contributed by atoms with Crippen LogP contribution in [0.4, 0.5) is 0 Å². The second-order valence-corrected chi connectivity index (χ2v) is 6.53. The molecule has 0 radical (unpaired) electrons. The lowest BCUT2D eigenvalue weighted by Crippen LogP contribution is -2.41. The minimum atomic E-state index is 0.826. The Bertz CT molecular complexity index is 384. The molecule has 1 atom stereocenters. The Hall–Kier alpha value is -0.860. The van der Waals surface area contributed by atoms with Gasteiger partial charge in [0.05, 0.1) is 0 Å². The van der Waals surface area contributed by atoms with Crippen LogP contribution in [0.25, 0.3) is 0 Å². The predicted molar refractivity (Wildman–Crippen MR) is 84.7 cm³/mol. The molecule has 0 amide bonds. The van der Waals surface area contributed by atoms with Crippen molar-refractivity contribution in [1.29, 1.82) is 0 Å². The van der Waals surface area contributed by atoms with Gasteiger partial charge in [0.1, 0.15) is 0 Å². The number of rotatable bonds is 4. The third kappa shape index (κ3) is 3.83. The van der Waals surface area contributed by atoms with E-state index in [2.05, 4.69) is 40.5 Å². The molecule has 20 heavy (non-hydrogen) atoms. The van der Waals surface area contributed by atoms with E-state index in [1.165, 1.54) is 63.7 Å². The Morgan fingerprint density at radius 1 is 1.00 bits per heavy atom. The van der Waals surface area contributed by atoms with Gasteiger partial charge in [0.25, 0.3) is 0 Å². The largest absolute Gasteiger partial charge is 0.317 e. The molecule has 1 N–H and O–H groups in total. The quantitative estimate of drug-likeness (QED) is 0.903. The first-order chi connectivity index (χ1) is 9.92. The normalized spacial score (nSPS) is 25.7. The Balaban J connectivity index is 1.58. The van der Waals surface area contributed by atoms with Crippen molar-refractivity contribution in [1.82, 2.24) is 10.2 Å². The fraction of sp³-hybridized carbons (Fsp3) is 0.667. The van der Waals surface area contributed by atoms with Crippen molar-refractivity contribution in [2.45, 2.75) is 51.1 Å². The summed E-state index contributed by atoms with van der Waals surface area (Å²) in [5, 5.41) is 3.49. The van der Waals surface area contributed by atoms with Crippen molar-refractivity contribution in [3.63, 3.8) is 0 Å². The topological polar surface area (TPSA) is 15.3 Å². The van der Waals surface area contributed by atoms with Gasteiger partial charge in [-0.3, -0.25) is 4.90 Å². The minimum Gasteiger partial charge on any atom is -0.317 e. The van der Waals surface area contributed by atoms with Crippen molar-refractivity contribution in [2.24, 2.45) is 5.92 Å². The van der Waals surface area contributed by atoms with Gasteiger partial charge in [0.15, 0.2) is 0 Å². The first-order valence-corrected chi connectivity index (χ1v) is 8.40. The number of nitrogens with zero attached hydrogens (tertiary/aromatic N) is 1. The van der Waals surface area contributed by atoms with E-state index in [1.54, 1.807) is 0 Å². The molecule has 1 aromatic rings. The lowest BCUT2D eigenvalue weighted by atomic mass is 9.87. The van der Waals surface area contributed by atoms with Crippen LogP contribution in [-0.4, -0.2) is 30.6 Å². The first kappa shape index (κ1) is 14.1. The van der Waals surface area contributed by atoms with Crippen LogP contribution in [-0.2, 0) is 6.54 Å². The molecule has 0 aliphatic carbocycles. The van der Waals surface area contributed by atoms with Gasteiger partial charge in [-0.05, 0) is 63.2 Å². The number of piperidine rings is 2. The van der Waals surface area contributed by atoms with Crippen LogP contribution in [0.2, 0.25) is 0 Å². The maximum absolute atomic E-state index is 3.49. The van der Waals surface area contributed by atoms with Crippen LogP contribution in [0.3, 0.4) is 0 Å². The third-order valence-electron chi connectivity index (χ3n) is 5.04. The average Bonchev–Trinajstić information content (AvgIpc) is 2.51. The van der Waals surface area contributed by atoms with Crippen LogP contribution < -0.4 is 5.32 Å². The van der Waals surface area contributed by atoms with E-state index in [1.807, 2.05) is 0 Å². The molecule has 2 fully saturated rings. The van der Waals surface area contributed by atoms with E-state index in [0.717, 1.165) is 18.5 Å². The summed E-state index contributed by atoms with van der Waals surface area (Å²) in [6.45, 7) is 4.91. The molecule has 2 aliphatic rings. The molecule has 0 aromatic heterocycles. The summed E-state index contributed by atoms with van der Waals surface area (Å²) >= 11 is 0. The summed E-state index contributed by atoms with van der Waals surface area (Å²) < 4.78 is 0. The van der Waals surface area contributed by atoms with Gasteiger partial charge < -0.3 is 5.32 Å². The van der Waals surface area contributed by atoms with E-state index in [-0.39, 0.29) is 0 Å². The summed E-state index contributed by atoms with van der Waals surface area (Å²) in [4.78, 5) is 2.75. The van der Waals surface area contributed by atoms with Crippen molar-refractivity contribution in [2.75, 3.05) is 19.6 Å². The summed E-state index contributed by atoms with van der Waals surface area (Å²) in [6, 6.07) is 11.8. The van der Waals surface area contributed by atoms with Crippen LogP contribution in [0.1, 0.15) is 44.1 Å². The van der Waals surface area contributed by atoms with Crippen molar-refractivity contribution in [3.05, 3.63) is 35.9 Å². The highest BCUT2D eigenvalue weighted by Crippen LogP contribution is 2.28. The highest BCUT2D eigenvalue weighted by molar-refractivity contribution is 5.14. The SMILES string of the molecule is c1ccc(CN2CCCCC2CC2CCNCC2)cc1. The lowest BCUT2D eigenvalue weighted by Gasteiger charge is -2.38. The summed E-state index contributed by atoms with van der Waals surface area (Å²) in [7, 11) is 0. The molecule has 0 bridgehead atoms. The number of benzene rings is 1. The van der Waals surface area contributed by atoms with Gasteiger partial charge in [0.2, 0.25) is 0 Å². The van der Waals surface area contributed by atoms with E-state index < -0.39 is 0 Å². The molecule has 1 unspecified atom stereocenters. The van der Waals surface area contributed by atoms with Crippen molar-refractivity contribution < 1.29 is 0 Å². The van der Waals surface area contributed by atoms with Gasteiger partial charge in [-0.2, -0.15) is 0 Å². The van der Waals surface area contributed by atoms with Crippen LogP contribution in [0.5, 0.6) is 0 Å². The predicted octanol–water partition coefficient (Wildman–Crippen LogP) is 3.43. The van der Waals surface area contributed by atoms with Gasteiger partial charge in [-0.15, -0.1) is 0 Å². The summed E-state index contributed by atoms with van der Waals surface area (Å²) in [5.41, 5.74) is 1.48. The second kappa shape index (κ2) is 7.24. The molecule has 0 saturated carbocycles. The van der Waals surface area contributed by atoms with Crippen LogP contribution in [0.15, 0.2) is 30.3 Å². The van der Waals surface area contributed by atoms with E-state index in [9.17, 15) is 0 Å². The molecule has 2 saturated heterocycles. The molecule has 0 spiro atoms. The highest BCUT2D eigenvalue weighted by atomic mass is 15.2. The molecule has 2 aliphatic heterocycles. The van der Waals surface area contributed by atoms with Gasteiger partial charge >= 0.3 is 0 Å². The van der Waals surface area contributed by atoms with Gasteiger partial charge in [0, 0.05) is 12.6 Å². The zero-order valence-electron chi connectivity index (χ0n) is 12.6. The molecule has 2 heteroatoms. The maximum Gasteiger partial charge on any atom is 0.0236 e. The zero-order valence-corrected chi connectivity index (χ0v) is 12.6. The zero-order chi connectivity index (χ0) is 13.6. The standard InChI is InChI=1S/C18H28N2/c1-2-6-17(7-3-1)15-20-13-5-4-8-18(20)14-16-9-11-19-12-10-16/h1-3,6-7,16,18-19H,4-5,8-15H2. The summed E-state index contributed by atoms with van der Waals surface area (Å²) in [5.74, 6) is 0.956. The number of hydrogen-bond donors (Lipinski definition) is 1. The maximum atomic E-state index is 3.49. The first-order valence-electron chi connectivity index (χ1n) is 8.40. The summed E-state index contributed by atoms with van der Waals surface area (Å²) in [6.07, 6.45) is 8.42. The third-order valence-corrected chi connectivity index (χ3v) is 5.04. The second-order valence-electron chi connectivity index (χ2n) is 6.53. The van der Waals surface area contributed by atoms with E-state index in [4.69, 9.17) is 0 Å². The number of nitrogens with one attached hydrogen (secondary N) is 1. The molecule has 3 rings (SSSR count). The van der Waals surface area contributed by atoms with Gasteiger partial charge in [-0.1, -0.05) is 36.8 Å². The fourth-order valence-corrected chi connectivity index (χ4v) is 3.86. The fourth-order valence-electron chi connectivity index (χ4n) is 3.86. The Morgan fingerprint density at radius 2 is 1.80 bits per heavy atom. The Labute approximate surface area is 123 Å². The Morgan fingerprint density at radius 3 is 2.60 bits per heavy atom. The van der Waals surface area contributed by atoms with Crippen LogP contribution >= 0.6 is 0 Å². The molecular weight excluding hydrogens is 244 g/mol. The average molecular weight is 272 g/mol. The molecule has 110 valence electrons. The number of likely N-dealkylation sites (tertiary alicyclic amines) is 1. The molecule has 2 nitrogen and oxygen atoms in total. The van der Waals surface area contributed by atoms with Crippen molar-refractivity contribution >= 4 is 0 Å². The van der Waals surface area contributed by atoms with Crippen molar-refractivity contribution in [3.8, 4) is 0 Å². The van der Waals surface area contributed by atoms with E-state index in [0.29, 0.717) is 0 Å². The number of hydrogen-bond acceptors (Lipinski definition) is 2. The Kier molecular flexibility index (Phi) is 5.10. The monoisotopic (exact) mass is 272 g/mol. The lowest BCUT2D eigenvalue weighted by molar-refractivity contribution is 0.111. The smallest absolute Gasteiger partial charge is 0.0236 e. The minimum absolute atomic E-state index is 0.826.